The van der Waals surface area contributed by atoms with Crippen molar-refractivity contribution in [3.05, 3.63) is 33.3 Å². The van der Waals surface area contributed by atoms with E-state index in [1.807, 2.05) is 39.0 Å². The molecule has 0 aromatic heterocycles. The van der Waals surface area contributed by atoms with E-state index >= 15 is 0 Å². The lowest BCUT2D eigenvalue weighted by molar-refractivity contribution is 0.0297. The van der Waals surface area contributed by atoms with Crippen LogP contribution in [0, 0.1) is 0 Å². The summed E-state index contributed by atoms with van der Waals surface area (Å²) >= 11 is 9.66. The van der Waals surface area contributed by atoms with Crippen LogP contribution in [0.2, 0.25) is 5.02 Å². The highest BCUT2D eigenvalue weighted by molar-refractivity contribution is 9.10. The van der Waals surface area contributed by atoms with E-state index in [0.29, 0.717) is 6.54 Å². The first kappa shape index (κ1) is 20.3. The first-order valence-electron chi connectivity index (χ1n) is 7.72. The molecule has 0 saturated carbocycles. The smallest absolute Gasteiger partial charge is 0.410 e. The molecule has 23 heavy (non-hydrogen) atoms. The second kappa shape index (κ2) is 8.90. The molecule has 1 aromatic carbocycles. The predicted molar refractivity (Wildman–Crippen MR) is 99.1 cm³/mol. The van der Waals surface area contributed by atoms with Crippen molar-refractivity contribution in [3.63, 3.8) is 0 Å². The van der Waals surface area contributed by atoms with Gasteiger partial charge in [0.2, 0.25) is 0 Å². The van der Waals surface area contributed by atoms with Crippen molar-refractivity contribution in [1.82, 2.24) is 10.2 Å². The molecule has 1 N–H and O–H groups in total. The Kier molecular flexibility index (Phi) is 7.84. The maximum absolute atomic E-state index is 11.8. The largest absolute Gasteiger partial charge is 0.444 e. The van der Waals surface area contributed by atoms with Crippen LogP contribution >= 0.6 is 27.5 Å². The van der Waals surface area contributed by atoms with E-state index < -0.39 is 5.60 Å². The summed E-state index contributed by atoms with van der Waals surface area (Å²) in [7, 11) is 1.75. The van der Waals surface area contributed by atoms with Gasteiger partial charge in [-0.15, -0.1) is 0 Å². The molecule has 0 bridgehead atoms. The van der Waals surface area contributed by atoms with Crippen LogP contribution < -0.4 is 5.32 Å². The molecule has 1 amide bonds. The van der Waals surface area contributed by atoms with Crippen LogP contribution in [0.3, 0.4) is 0 Å². The average Bonchev–Trinajstić information content (AvgIpc) is 2.41. The summed E-state index contributed by atoms with van der Waals surface area (Å²) in [5.74, 6) is 0. The van der Waals surface area contributed by atoms with Crippen LogP contribution in [0.25, 0.3) is 0 Å². The van der Waals surface area contributed by atoms with Gasteiger partial charge in [0.1, 0.15) is 5.60 Å². The molecule has 1 atom stereocenters. The van der Waals surface area contributed by atoms with Gasteiger partial charge in [0.15, 0.2) is 0 Å². The van der Waals surface area contributed by atoms with Gasteiger partial charge in [-0.3, -0.25) is 0 Å². The highest BCUT2D eigenvalue weighted by Gasteiger charge is 2.19. The number of carbonyl (C=O) groups excluding carboxylic acids is 1. The highest BCUT2D eigenvalue weighted by Crippen LogP contribution is 2.26. The maximum Gasteiger partial charge on any atom is 0.410 e. The van der Waals surface area contributed by atoms with Crippen molar-refractivity contribution in [1.29, 1.82) is 0 Å². The Labute approximate surface area is 152 Å². The number of hydrogen-bond donors (Lipinski definition) is 1. The molecule has 0 heterocycles. The van der Waals surface area contributed by atoms with E-state index in [1.165, 1.54) is 0 Å². The van der Waals surface area contributed by atoms with Gasteiger partial charge in [0.05, 0.1) is 0 Å². The molecule has 6 heteroatoms. The van der Waals surface area contributed by atoms with Crippen molar-refractivity contribution >= 4 is 33.6 Å². The average molecular weight is 406 g/mol. The summed E-state index contributed by atoms with van der Waals surface area (Å²) in [6, 6.07) is 6.04. The first-order valence-corrected chi connectivity index (χ1v) is 8.89. The van der Waals surface area contributed by atoms with Gasteiger partial charge in [-0.25, -0.2) is 4.79 Å². The fraction of sp³-hybridized carbons (Fsp3) is 0.588. The number of ether oxygens (including phenoxy) is 1. The third kappa shape index (κ3) is 7.55. The van der Waals surface area contributed by atoms with Crippen molar-refractivity contribution in [2.75, 3.05) is 20.1 Å². The monoisotopic (exact) mass is 404 g/mol. The van der Waals surface area contributed by atoms with Crippen LogP contribution in [-0.4, -0.2) is 36.7 Å². The van der Waals surface area contributed by atoms with Gasteiger partial charge in [0, 0.05) is 29.1 Å². The Morgan fingerprint density at radius 3 is 2.65 bits per heavy atom. The predicted octanol–water partition coefficient (Wildman–Crippen LogP) is 5.01. The van der Waals surface area contributed by atoms with Gasteiger partial charge in [-0.1, -0.05) is 33.6 Å². The topological polar surface area (TPSA) is 41.6 Å². The number of benzene rings is 1. The van der Waals surface area contributed by atoms with Crippen LogP contribution in [0.1, 0.15) is 45.7 Å². The van der Waals surface area contributed by atoms with E-state index in [2.05, 4.69) is 28.2 Å². The molecule has 1 rings (SSSR count). The normalized spacial score (nSPS) is 12.8. The van der Waals surface area contributed by atoms with Crippen LogP contribution in [-0.2, 0) is 4.74 Å². The number of halogens is 2. The Morgan fingerprint density at radius 1 is 1.43 bits per heavy atom. The molecule has 0 aliphatic heterocycles. The first-order chi connectivity index (χ1) is 10.6. The summed E-state index contributed by atoms with van der Waals surface area (Å²) in [4.78, 5) is 13.4. The van der Waals surface area contributed by atoms with Gasteiger partial charge < -0.3 is 15.0 Å². The second-order valence-corrected chi connectivity index (χ2v) is 7.92. The van der Waals surface area contributed by atoms with E-state index in [-0.39, 0.29) is 12.1 Å². The number of carbonyl (C=O) groups is 1. The molecule has 0 aliphatic carbocycles. The fourth-order valence-corrected chi connectivity index (χ4v) is 2.87. The number of nitrogens with one attached hydrogen (secondary N) is 1. The summed E-state index contributed by atoms with van der Waals surface area (Å²) in [5, 5.41) is 4.16. The highest BCUT2D eigenvalue weighted by atomic mass is 79.9. The number of hydrogen-bond acceptors (Lipinski definition) is 3. The van der Waals surface area contributed by atoms with Crippen LogP contribution in [0.4, 0.5) is 4.79 Å². The van der Waals surface area contributed by atoms with E-state index in [9.17, 15) is 4.79 Å². The third-order valence-electron chi connectivity index (χ3n) is 3.25. The zero-order valence-corrected chi connectivity index (χ0v) is 16.8. The summed E-state index contributed by atoms with van der Waals surface area (Å²) in [6.07, 6.45) is 0.551. The molecule has 0 radical (unpaired) electrons. The van der Waals surface area contributed by atoms with Crippen molar-refractivity contribution in [2.45, 2.75) is 45.8 Å². The quantitative estimate of drug-likeness (QED) is 0.676. The van der Waals surface area contributed by atoms with E-state index in [1.54, 1.807) is 11.9 Å². The number of amides is 1. The Morgan fingerprint density at radius 2 is 2.09 bits per heavy atom. The van der Waals surface area contributed by atoms with Crippen LogP contribution in [0.5, 0.6) is 0 Å². The SMILES string of the molecule is CC(NCCCN(C)C(=O)OC(C)(C)C)c1ccc(Br)cc1Cl. The van der Waals surface area contributed by atoms with Crippen molar-refractivity contribution < 1.29 is 9.53 Å². The third-order valence-corrected chi connectivity index (χ3v) is 4.08. The summed E-state index contributed by atoms with van der Waals surface area (Å²) in [6.45, 7) is 9.11. The molecule has 0 aliphatic rings. The Balaban J connectivity index is 2.35. The zero-order valence-electron chi connectivity index (χ0n) is 14.5. The van der Waals surface area contributed by atoms with Gasteiger partial charge in [-0.2, -0.15) is 0 Å². The molecule has 1 unspecified atom stereocenters. The second-order valence-electron chi connectivity index (χ2n) is 6.60. The van der Waals surface area contributed by atoms with E-state index in [0.717, 1.165) is 28.0 Å². The minimum Gasteiger partial charge on any atom is -0.444 e. The fourth-order valence-electron chi connectivity index (χ4n) is 2.03. The zero-order chi connectivity index (χ0) is 17.6. The number of rotatable bonds is 6. The van der Waals surface area contributed by atoms with Crippen molar-refractivity contribution in [2.24, 2.45) is 0 Å². The standard InChI is InChI=1S/C17H26BrClN2O2/c1-12(14-8-7-13(18)11-15(14)19)20-9-6-10-21(5)16(22)23-17(2,3)4/h7-8,11-12,20H,6,9-10H2,1-5H3. The molecular formula is C17H26BrClN2O2. The molecule has 130 valence electrons. The summed E-state index contributed by atoms with van der Waals surface area (Å²) < 4.78 is 6.29. The van der Waals surface area contributed by atoms with Crippen LogP contribution in [0.15, 0.2) is 22.7 Å². The lowest BCUT2D eigenvalue weighted by Crippen LogP contribution is -2.35. The molecule has 4 nitrogen and oxygen atoms in total. The molecule has 0 spiro atoms. The summed E-state index contributed by atoms with van der Waals surface area (Å²) in [5.41, 5.74) is 0.603. The van der Waals surface area contributed by atoms with Gasteiger partial charge >= 0.3 is 6.09 Å². The number of nitrogens with zero attached hydrogens (tertiary/aromatic N) is 1. The molecule has 1 aromatic rings. The Bertz CT molecular complexity index is 532. The molecule has 0 saturated heterocycles. The molecule has 0 fully saturated rings. The lowest BCUT2D eigenvalue weighted by Gasteiger charge is -2.25. The van der Waals surface area contributed by atoms with Gasteiger partial charge in [-0.05, 0) is 58.4 Å². The van der Waals surface area contributed by atoms with Gasteiger partial charge in [0.25, 0.3) is 0 Å². The Hall–Kier alpha value is -0.780. The lowest BCUT2D eigenvalue weighted by atomic mass is 10.1. The minimum absolute atomic E-state index is 0.155. The van der Waals surface area contributed by atoms with E-state index in [4.69, 9.17) is 16.3 Å². The molecular weight excluding hydrogens is 380 g/mol. The van der Waals surface area contributed by atoms with Crippen molar-refractivity contribution in [3.8, 4) is 0 Å². The maximum atomic E-state index is 11.8. The minimum atomic E-state index is -0.462.